The first-order valence-electron chi connectivity index (χ1n) is 6.03. The van der Waals surface area contributed by atoms with E-state index < -0.39 is 5.82 Å². The van der Waals surface area contributed by atoms with Crippen molar-refractivity contribution in [3.8, 4) is 0 Å². The molecule has 2 rings (SSSR count). The van der Waals surface area contributed by atoms with Crippen LogP contribution in [-0.4, -0.2) is 37.6 Å². The first-order valence-corrected chi connectivity index (χ1v) is 6.82. The van der Waals surface area contributed by atoms with Crippen molar-refractivity contribution in [1.82, 2.24) is 4.90 Å². The van der Waals surface area contributed by atoms with Crippen molar-refractivity contribution >= 4 is 21.8 Å². The Kier molecular flexibility index (Phi) is 4.71. The van der Waals surface area contributed by atoms with Gasteiger partial charge in [0.1, 0.15) is 5.82 Å². The molecule has 1 heterocycles. The van der Waals surface area contributed by atoms with Crippen molar-refractivity contribution in [2.24, 2.45) is 0 Å². The number of ether oxygens (including phenoxy) is 1. The molecule has 0 unspecified atom stereocenters. The lowest BCUT2D eigenvalue weighted by molar-refractivity contribution is 0.0760. The van der Waals surface area contributed by atoms with E-state index in [1.54, 1.807) is 18.1 Å². The smallest absolute Gasteiger partial charge is 0.257 e. The predicted octanol–water partition coefficient (Wildman–Crippen LogP) is 3.01. The lowest BCUT2D eigenvalue weighted by Crippen LogP contribution is -2.35. The third kappa shape index (κ3) is 3.42. The van der Waals surface area contributed by atoms with Crippen LogP contribution in [0.3, 0.4) is 0 Å². The molecule has 0 aliphatic carbocycles. The zero-order valence-corrected chi connectivity index (χ0v) is 12.2. The molecule has 0 bridgehead atoms. The van der Waals surface area contributed by atoms with Crippen molar-refractivity contribution in [2.75, 3.05) is 26.8 Å². The summed E-state index contributed by atoms with van der Waals surface area (Å²) in [5.74, 6) is -0.758. The fourth-order valence-electron chi connectivity index (χ4n) is 2.04. The van der Waals surface area contributed by atoms with E-state index in [0.29, 0.717) is 24.2 Å². The Morgan fingerprint density at radius 1 is 1.53 bits per heavy atom. The Morgan fingerprint density at radius 3 is 2.95 bits per heavy atom. The molecule has 0 saturated carbocycles. The Hall–Kier alpha value is -1.20. The van der Waals surface area contributed by atoms with Crippen LogP contribution in [0.15, 0.2) is 34.3 Å². The van der Waals surface area contributed by atoms with Gasteiger partial charge in [0.25, 0.3) is 5.91 Å². The number of rotatable bonds is 3. The molecule has 1 aromatic rings. The van der Waals surface area contributed by atoms with E-state index in [9.17, 15) is 9.18 Å². The Balaban J connectivity index is 2.11. The minimum Gasteiger partial charge on any atom is -0.380 e. The second-order valence-corrected chi connectivity index (χ2v) is 5.34. The van der Waals surface area contributed by atoms with E-state index in [1.807, 2.05) is 6.08 Å². The van der Waals surface area contributed by atoms with Crippen molar-refractivity contribution in [2.45, 2.75) is 6.42 Å². The molecule has 1 aliphatic rings. The minimum atomic E-state index is -0.486. The number of methoxy groups -OCH3 is 1. The van der Waals surface area contributed by atoms with Crippen LogP contribution in [-0.2, 0) is 4.74 Å². The summed E-state index contributed by atoms with van der Waals surface area (Å²) in [5.41, 5.74) is 1.29. The average molecular weight is 328 g/mol. The van der Waals surface area contributed by atoms with Crippen LogP contribution in [0.4, 0.5) is 4.39 Å². The SMILES string of the molecule is COCC1=CCN(C(=O)c2cc(Br)ccc2F)CC1. The van der Waals surface area contributed by atoms with Gasteiger partial charge in [-0.05, 0) is 30.2 Å². The molecule has 1 aliphatic heterocycles. The molecule has 0 N–H and O–H groups in total. The number of hydrogen-bond acceptors (Lipinski definition) is 2. The molecule has 0 aromatic heterocycles. The van der Waals surface area contributed by atoms with Gasteiger partial charge in [-0.15, -0.1) is 0 Å². The van der Waals surface area contributed by atoms with Gasteiger partial charge < -0.3 is 9.64 Å². The van der Waals surface area contributed by atoms with Crippen molar-refractivity contribution in [1.29, 1.82) is 0 Å². The third-order valence-electron chi connectivity index (χ3n) is 3.08. The molecule has 0 atom stereocenters. The predicted molar refractivity (Wildman–Crippen MR) is 74.6 cm³/mol. The Morgan fingerprint density at radius 2 is 2.32 bits per heavy atom. The van der Waals surface area contributed by atoms with E-state index in [0.717, 1.165) is 6.42 Å². The molecule has 1 aromatic carbocycles. The summed E-state index contributed by atoms with van der Waals surface area (Å²) in [6, 6.07) is 4.40. The van der Waals surface area contributed by atoms with Gasteiger partial charge >= 0.3 is 0 Å². The van der Waals surface area contributed by atoms with E-state index in [1.165, 1.54) is 17.7 Å². The van der Waals surface area contributed by atoms with E-state index in [2.05, 4.69) is 15.9 Å². The molecule has 102 valence electrons. The van der Waals surface area contributed by atoms with Gasteiger partial charge in [-0.25, -0.2) is 4.39 Å². The largest absolute Gasteiger partial charge is 0.380 e. The summed E-state index contributed by atoms with van der Waals surface area (Å²) < 4.78 is 19.4. The molecular weight excluding hydrogens is 313 g/mol. The van der Waals surface area contributed by atoms with Gasteiger partial charge in [0, 0.05) is 24.7 Å². The second-order valence-electron chi connectivity index (χ2n) is 4.42. The van der Waals surface area contributed by atoms with Crippen LogP contribution in [0.2, 0.25) is 0 Å². The highest BCUT2D eigenvalue weighted by Gasteiger charge is 2.21. The van der Waals surface area contributed by atoms with E-state index >= 15 is 0 Å². The maximum atomic E-state index is 13.7. The van der Waals surface area contributed by atoms with E-state index in [4.69, 9.17) is 4.74 Å². The van der Waals surface area contributed by atoms with Crippen LogP contribution in [0.25, 0.3) is 0 Å². The molecule has 1 amide bonds. The summed E-state index contributed by atoms with van der Waals surface area (Å²) in [5, 5.41) is 0. The fraction of sp³-hybridized carbons (Fsp3) is 0.357. The first kappa shape index (κ1) is 14.2. The third-order valence-corrected chi connectivity index (χ3v) is 3.57. The Bertz CT molecular complexity index is 516. The van der Waals surface area contributed by atoms with Crippen LogP contribution in [0.5, 0.6) is 0 Å². The summed E-state index contributed by atoms with van der Waals surface area (Å²) in [6.07, 6.45) is 2.75. The lowest BCUT2D eigenvalue weighted by Gasteiger charge is -2.26. The maximum Gasteiger partial charge on any atom is 0.257 e. The van der Waals surface area contributed by atoms with Gasteiger partial charge in [0.2, 0.25) is 0 Å². The van der Waals surface area contributed by atoms with Crippen molar-refractivity contribution in [3.63, 3.8) is 0 Å². The van der Waals surface area contributed by atoms with E-state index in [-0.39, 0.29) is 11.5 Å². The van der Waals surface area contributed by atoms with Gasteiger partial charge in [-0.2, -0.15) is 0 Å². The van der Waals surface area contributed by atoms with Gasteiger partial charge in [-0.1, -0.05) is 22.0 Å². The quantitative estimate of drug-likeness (QED) is 0.799. The number of carbonyl (C=O) groups is 1. The van der Waals surface area contributed by atoms with Gasteiger partial charge in [-0.3, -0.25) is 4.79 Å². The summed E-state index contributed by atoms with van der Waals surface area (Å²) in [4.78, 5) is 13.9. The lowest BCUT2D eigenvalue weighted by atomic mass is 10.1. The van der Waals surface area contributed by atoms with Crippen molar-refractivity contribution in [3.05, 3.63) is 45.7 Å². The van der Waals surface area contributed by atoms with Gasteiger partial charge in [0.15, 0.2) is 0 Å². The summed E-state index contributed by atoms with van der Waals surface area (Å²) >= 11 is 3.25. The maximum absolute atomic E-state index is 13.7. The van der Waals surface area contributed by atoms with Crippen LogP contribution in [0.1, 0.15) is 16.8 Å². The van der Waals surface area contributed by atoms with Crippen molar-refractivity contribution < 1.29 is 13.9 Å². The normalized spacial score (nSPS) is 15.3. The molecule has 19 heavy (non-hydrogen) atoms. The topological polar surface area (TPSA) is 29.5 Å². The van der Waals surface area contributed by atoms with Crippen LogP contribution >= 0.6 is 15.9 Å². The van der Waals surface area contributed by atoms with Crippen LogP contribution in [0, 0.1) is 5.82 Å². The molecule has 0 fully saturated rings. The molecule has 0 radical (unpaired) electrons. The zero-order chi connectivity index (χ0) is 13.8. The van der Waals surface area contributed by atoms with Gasteiger partial charge in [0.05, 0.1) is 12.2 Å². The fourth-order valence-corrected chi connectivity index (χ4v) is 2.40. The number of hydrogen-bond donors (Lipinski definition) is 0. The average Bonchev–Trinajstić information content (AvgIpc) is 2.42. The monoisotopic (exact) mass is 327 g/mol. The number of benzene rings is 1. The first-order chi connectivity index (χ1) is 9.11. The molecule has 5 heteroatoms. The summed E-state index contributed by atoms with van der Waals surface area (Å²) in [7, 11) is 1.65. The summed E-state index contributed by atoms with van der Waals surface area (Å²) in [6.45, 7) is 1.69. The Labute approximate surface area is 120 Å². The number of amides is 1. The molecular formula is C14H15BrFNO2. The highest BCUT2D eigenvalue weighted by molar-refractivity contribution is 9.10. The highest BCUT2D eigenvalue weighted by Crippen LogP contribution is 2.19. The zero-order valence-electron chi connectivity index (χ0n) is 10.7. The number of carbonyl (C=O) groups excluding carboxylic acids is 1. The molecule has 0 saturated heterocycles. The molecule has 3 nitrogen and oxygen atoms in total. The number of nitrogens with zero attached hydrogens (tertiary/aromatic N) is 1. The van der Waals surface area contributed by atoms with Crippen LogP contribution < -0.4 is 0 Å². The molecule has 0 spiro atoms. The highest BCUT2D eigenvalue weighted by atomic mass is 79.9. The minimum absolute atomic E-state index is 0.109. The standard InChI is InChI=1S/C14H15BrFNO2/c1-19-9-10-4-6-17(7-5-10)14(18)12-8-11(15)2-3-13(12)16/h2-4,8H,5-7,9H2,1H3. The second kappa shape index (κ2) is 6.30. The number of halogens is 2.